The van der Waals surface area contributed by atoms with Crippen molar-refractivity contribution in [2.45, 2.75) is 53.1 Å². The fourth-order valence-corrected chi connectivity index (χ4v) is 2.26. The summed E-state index contributed by atoms with van der Waals surface area (Å²) in [6, 6.07) is 0. The van der Waals surface area contributed by atoms with Crippen molar-refractivity contribution >= 4 is 12.0 Å². The van der Waals surface area contributed by atoms with Gasteiger partial charge in [-0.3, -0.25) is 4.79 Å². The van der Waals surface area contributed by atoms with Gasteiger partial charge in [-0.1, -0.05) is 13.8 Å². The van der Waals surface area contributed by atoms with E-state index < -0.39 is 5.60 Å². The van der Waals surface area contributed by atoms with Crippen molar-refractivity contribution in [2.75, 3.05) is 19.6 Å². The van der Waals surface area contributed by atoms with Crippen molar-refractivity contribution in [3.05, 3.63) is 0 Å². The molecule has 0 aliphatic carbocycles. The van der Waals surface area contributed by atoms with Gasteiger partial charge in [0.2, 0.25) is 5.91 Å². The molecule has 19 heavy (non-hydrogen) atoms. The molecule has 2 rings (SSSR count). The maximum absolute atomic E-state index is 11.8. The Balaban J connectivity index is 0.000000861. The first kappa shape index (κ1) is 15.8. The van der Waals surface area contributed by atoms with Crippen LogP contribution in [0.2, 0.25) is 0 Å². The molecular weight excluding hydrogens is 244 g/mol. The predicted molar refractivity (Wildman–Crippen MR) is 73.8 cm³/mol. The Bertz CT molecular complexity index is 339. The highest BCUT2D eigenvalue weighted by atomic mass is 16.6. The Kier molecular flexibility index (Phi) is 4.82. The number of hydrogen-bond donors (Lipinski definition) is 1. The van der Waals surface area contributed by atoms with Crippen LogP contribution in [0.3, 0.4) is 0 Å². The van der Waals surface area contributed by atoms with Crippen LogP contribution in [0.5, 0.6) is 0 Å². The van der Waals surface area contributed by atoms with E-state index in [1.165, 1.54) is 0 Å². The summed E-state index contributed by atoms with van der Waals surface area (Å²) in [4.78, 5) is 25.0. The Labute approximate surface area is 115 Å². The van der Waals surface area contributed by atoms with Crippen LogP contribution in [-0.2, 0) is 9.53 Å². The van der Waals surface area contributed by atoms with Crippen molar-refractivity contribution in [1.29, 1.82) is 0 Å². The molecule has 2 aliphatic heterocycles. The monoisotopic (exact) mass is 270 g/mol. The van der Waals surface area contributed by atoms with E-state index in [4.69, 9.17) is 4.74 Å². The summed E-state index contributed by atoms with van der Waals surface area (Å²) in [5, 5.41) is 2.78. The lowest BCUT2D eigenvalue weighted by Gasteiger charge is -2.46. The zero-order valence-electron chi connectivity index (χ0n) is 12.7. The quantitative estimate of drug-likeness (QED) is 0.686. The molecule has 2 aliphatic rings. The number of nitrogens with one attached hydrogen (secondary N) is 1. The molecule has 2 heterocycles. The van der Waals surface area contributed by atoms with E-state index in [9.17, 15) is 9.59 Å². The Morgan fingerprint density at radius 3 is 2.11 bits per heavy atom. The fraction of sp³-hybridized carbons (Fsp3) is 0.857. The zero-order valence-corrected chi connectivity index (χ0v) is 12.7. The van der Waals surface area contributed by atoms with E-state index in [1.54, 1.807) is 4.90 Å². The third kappa shape index (κ3) is 3.61. The normalized spacial score (nSPS) is 20.9. The standard InChI is InChI=1S/C12H20N2O3.C2H6/c1-11(2,3)17-10(16)14-6-4-12(5-7-14)8-13-9(12)15;1-2/h4-8H2,1-3H3,(H,13,15);1-2H3. The molecule has 0 unspecified atom stereocenters. The maximum atomic E-state index is 11.8. The molecule has 5 nitrogen and oxygen atoms in total. The number of hydrogen-bond acceptors (Lipinski definition) is 3. The minimum absolute atomic E-state index is 0.140. The maximum Gasteiger partial charge on any atom is 0.410 e. The van der Waals surface area contributed by atoms with Crippen molar-refractivity contribution in [1.82, 2.24) is 10.2 Å². The van der Waals surface area contributed by atoms with Crippen LogP contribution in [0.25, 0.3) is 0 Å². The molecule has 0 aromatic rings. The average Bonchev–Trinajstić information content (AvgIpc) is 2.37. The lowest BCUT2D eigenvalue weighted by molar-refractivity contribution is -0.143. The SMILES string of the molecule is CC.CC(C)(C)OC(=O)N1CCC2(CC1)CNC2=O. The minimum Gasteiger partial charge on any atom is -0.444 e. The number of ether oxygens (including phenoxy) is 1. The number of carbonyl (C=O) groups is 2. The van der Waals surface area contributed by atoms with Crippen molar-refractivity contribution < 1.29 is 14.3 Å². The first-order chi connectivity index (χ1) is 8.82. The summed E-state index contributed by atoms with van der Waals surface area (Å²) in [5.74, 6) is 0.140. The van der Waals surface area contributed by atoms with Gasteiger partial charge in [0.1, 0.15) is 5.60 Å². The molecule has 0 bridgehead atoms. The van der Waals surface area contributed by atoms with E-state index in [0.717, 1.165) is 19.4 Å². The lowest BCUT2D eigenvalue weighted by atomic mass is 9.73. The largest absolute Gasteiger partial charge is 0.444 e. The number of carbonyl (C=O) groups excluding carboxylic acids is 2. The van der Waals surface area contributed by atoms with Gasteiger partial charge in [0, 0.05) is 19.6 Å². The average molecular weight is 270 g/mol. The number of piperidine rings is 1. The zero-order chi connectivity index (χ0) is 14.7. The summed E-state index contributed by atoms with van der Waals surface area (Å²) in [6.45, 7) is 11.6. The predicted octanol–water partition coefficient (Wildman–Crippen LogP) is 2.16. The van der Waals surface area contributed by atoms with Gasteiger partial charge < -0.3 is 15.0 Å². The van der Waals surface area contributed by atoms with E-state index in [2.05, 4.69) is 5.32 Å². The van der Waals surface area contributed by atoms with Gasteiger partial charge in [0.15, 0.2) is 0 Å². The van der Waals surface area contributed by atoms with E-state index in [-0.39, 0.29) is 17.4 Å². The molecule has 0 radical (unpaired) electrons. The summed E-state index contributed by atoms with van der Waals surface area (Å²) < 4.78 is 5.31. The highest BCUT2D eigenvalue weighted by molar-refractivity contribution is 5.89. The Morgan fingerprint density at radius 1 is 1.26 bits per heavy atom. The summed E-state index contributed by atoms with van der Waals surface area (Å²) in [7, 11) is 0. The molecule has 0 saturated carbocycles. The van der Waals surface area contributed by atoms with Crippen LogP contribution >= 0.6 is 0 Å². The summed E-state index contributed by atoms with van der Waals surface area (Å²) >= 11 is 0. The second-order valence-electron chi connectivity index (χ2n) is 5.93. The number of likely N-dealkylation sites (tertiary alicyclic amines) is 1. The van der Waals surface area contributed by atoms with Crippen molar-refractivity contribution in [3.63, 3.8) is 0 Å². The van der Waals surface area contributed by atoms with Crippen LogP contribution < -0.4 is 5.32 Å². The number of β-lactam (4-membered cyclic amide) rings is 1. The number of amides is 2. The van der Waals surface area contributed by atoms with Crippen molar-refractivity contribution in [2.24, 2.45) is 5.41 Å². The molecule has 1 spiro atoms. The third-order valence-electron chi connectivity index (χ3n) is 3.44. The molecule has 1 N–H and O–H groups in total. The Hall–Kier alpha value is -1.26. The third-order valence-corrected chi connectivity index (χ3v) is 3.44. The summed E-state index contributed by atoms with van der Waals surface area (Å²) in [6.07, 6.45) is 1.22. The first-order valence-electron chi connectivity index (χ1n) is 7.09. The van der Waals surface area contributed by atoms with Crippen LogP contribution in [0.4, 0.5) is 4.79 Å². The Morgan fingerprint density at radius 2 is 1.79 bits per heavy atom. The molecular formula is C14H26N2O3. The fourth-order valence-electron chi connectivity index (χ4n) is 2.26. The van der Waals surface area contributed by atoms with Crippen molar-refractivity contribution in [3.8, 4) is 0 Å². The molecule has 2 saturated heterocycles. The topological polar surface area (TPSA) is 58.6 Å². The highest BCUT2D eigenvalue weighted by Gasteiger charge is 2.48. The van der Waals surface area contributed by atoms with Gasteiger partial charge in [-0.25, -0.2) is 4.79 Å². The molecule has 2 fully saturated rings. The lowest BCUT2D eigenvalue weighted by Crippen LogP contribution is -2.63. The summed E-state index contributed by atoms with van der Waals surface area (Å²) in [5.41, 5.74) is -0.654. The molecule has 110 valence electrons. The van der Waals surface area contributed by atoms with Gasteiger partial charge in [-0.15, -0.1) is 0 Å². The van der Waals surface area contributed by atoms with Gasteiger partial charge >= 0.3 is 6.09 Å². The first-order valence-corrected chi connectivity index (χ1v) is 7.09. The van der Waals surface area contributed by atoms with Crippen LogP contribution in [0.1, 0.15) is 47.5 Å². The minimum atomic E-state index is -0.458. The van der Waals surface area contributed by atoms with Gasteiger partial charge in [0.05, 0.1) is 5.41 Å². The van der Waals surface area contributed by atoms with E-state index >= 15 is 0 Å². The molecule has 0 aromatic heterocycles. The second-order valence-corrected chi connectivity index (χ2v) is 5.93. The molecule has 5 heteroatoms. The smallest absolute Gasteiger partial charge is 0.410 e. The van der Waals surface area contributed by atoms with Crippen LogP contribution in [0.15, 0.2) is 0 Å². The van der Waals surface area contributed by atoms with Crippen LogP contribution in [0, 0.1) is 5.41 Å². The van der Waals surface area contributed by atoms with Crippen LogP contribution in [-0.4, -0.2) is 42.1 Å². The number of rotatable bonds is 0. The second kappa shape index (κ2) is 5.80. The van der Waals surface area contributed by atoms with Gasteiger partial charge in [-0.05, 0) is 33.6 Å². The molecule has 0 aromatic carbocycles. The highest BCUT2D eigenvalue weighted by Crippen LogP contribution is 2.36. The van der Waals surface area contributed by atoms with E-state index in [1.807, 2.05) is 34.6 Å². The molecule has 0 atom stereocenters. The van der Waals surface area contributed by atoms with E-state index in [0.29, 0.717) is 13.1 Å². The number of nitrogens with zero attached hydrogens (tertiary/aromatic N) is 1. The van der Waals surface area contributed by atoms with Gasteiger partial charge in [-0.2, -0.15) is 0 Å². The van der Waals surface area contributed by atoms with Gasteiger partial charge in [0.25, 0.3) is 0 Å². The molecule has 2 amide bonds.